The first-order chi connectivity index (χ1) is 7.84. The van der Waals surface area contributed by atoms with Crippen molar-refractivity contribution in [2.75, 3.05) is 0 Å². The molecule has 1 aromatic rings. The maximum Gasteiger partial charge on any atom is 0.400 e. The lowest BCUT2D eigenvalue weighted by Gasteiger charge is -2.15. The van der Waals surface area contributed by atoms with Gasteiger partial charge in [-0.25, -0.2) is 12.8 Å². The molecule has 0 N–H and O–H groups in total. The van der Waals surface area contributed by atoms with Crippen molar-refractivity contribution in [1.29, 1.82) is 0 Å². The number of hydrogen-bond acceptors (Lipinski definition) is 2. The Hall–Kier alpha value is -1.30. The highest BCUT2D eigenvalue weighted by Gasteiger charge is 2.50. The fourth-order valence-corrected chi connectivity index (χ4v) is 2.33. The van der Waals surface area contributed by atoms with Gasteiger partial charge in [0.15, 0.2) is 5.83 Å². The Labute approximate surface area is 97.7 Å². The number of benzene rings is 1. The number of alkyl halides is 2. The Kier molecular flexibility index (Phi) is 3.98. The molecule has 0 aliphatic carbocycles. The quantitative estimate of drug-likeness (QED) is 0.836. The third-order valence-corrected chi connectivity index (χ3v) is 3.82. The number of rotatable bonds is 4. The lowest BCUT2D eigenvalue weighted by atomic mass is 10.4. The Morgan fingerprint density at radius 2 is 1.82 bits per heavy atom. The van der Waals surface area contributed by atoms with Crippen LogP contribution >= 0.6 is 0 Å². The van der Waals surface area contributed by atoms with E-state index in [1.54, 1.807) is 0 Å². The molecule has 0 radical (unpaired) electrons. The second kappa shape index (κ2) is 4.91. The first-order valence-electron chi connectivity index (χ1n) is 4.87. The lowest BCUT2D eigenvalue weighted by molar-refractivity contribution is 0.105. The van der Waals surface area contributed by atoms with Crippen molar-refractivity contribution in [3.63, 3.8) is 0 Å². The number of allylic oxidation sites excluding steroid dienone is 1. The molecule has 0 unspecified atom stereocenters. The van der Waals surface area contributed by atoms with Gasteiger partial charge in [0.25, 0.3) is 9.84 Å². The summed E-state index contributed by atoms with van der Waals surface area (Å²) in [5.74, 6) is -1.94. The van der Waals surface area contributed by atoms with Crippen LogP contribution < -0.4 is 0 Å². The molecule has 0 aliphatic rings. The van der Waals surface area contributed by atoms with Crippen LogP contribution in [0.25, 0.3) is 0 Å². The van der Waals surface area contributed by atoms with Crippen molar-refractivity contribution in [3.8, 4) is 0 Å². The molecule has 0 saturated carbocycles. The molecule has 0 aromatic heterocycles. The third-order valence-electron chi connectivity index (χ3n) is 2.05. The minimum absolute atomic E-state index is 0.00820. The predicted molar refractivity (Wildman–Crippen MR) is 58.1 cm³/mol. The van der Waals surface area contributed by atoms with Crippen LogP contribution in [0.5, 0.6) is 0 Å². The summed E-state index contributed by atoms with van der Waals surface area (Å²) >= 11 is 0. The van der Waals surface area contributed by atoms with E-state index in [-0.39, 0.29) is 6.42 Å². The Bertz CT molecular complexity index is 507. The van der Waals surface area contributed by atoms with Crippen molar-refractivity contribution in [2.24, 2.45) is 0 Å². The molecule has 0 aliphatic heterocycles. The van der Waals surface area contributed by atoms with E-state index in [0.29, 0.717) is 6.08 Å². The molecule has 0 saturated heterocycles. The summed E-state index contributed by atoms with van der Waals surface area (Å²) in [6.45, 7) is 1.44. The van der Waals surface area contributed by atoms with E-state index in [1.807, 2.05) is 0 Å². The number of sulfone groups is 1. The fraction of sp³-hybridized carbons (Fsp3) is 0.273. The minimum atomic E-state index is -5.04. The average molecular weight is 264 g/mol. The summed E-state index contributed by atoms with van der Waals surface area (Å²) in [5, 5.41) is -4.52. The molecule has 1 rings (SSSR count). The topological polar surface area (TPSA) is 34.1 Å². The zero-order valence-electron chi connectivity index (χ0n) is 9.03. The van der Waals surface area contributed by atoms with Crippen LogP contribution in [0.2, 0.25) is 0 Å². The second-order valence-electron chi connectivity index (χ2n) is 3.29. The van der Waals surface area contributed by atoms with Gasteiger partial charge in [0, 0.05) is 0 Å². The highest BCUT2D eigenvalue weighted by atomic mass is 32.2. The first kappa shape index (κ1) is 13.8. The van der Waals surface area contributed by atoms with Crippen molar-refractivity contribution in [2.45, 2.75) is 23.5 Å². The molecule has 0 amide bonds. The molecular formula is C11H11F3O2S. The van der Waals surface area contributed by atoms with Gasteiger partial charge in [0.1, 0.15) is 0 Å². The SMILES string of the molecule is CC/C=C(\F)C(F)(F)S(=O)(=O)c1ccccc1. The van der Waals surface area contributed by atoms with E-state index in [2.05, 4.69) is 0 Å². The number of hydrogen-bond donors (Lipinski definition) is 0. The summed E-state index contributed by atoms with van der Waals surface area (Å²) in [6, 6.07) is 6.08. The molecule has 94 valence electrons. The van der Waals surface area contributed by atoms with E-state index >= 15 is 0 Å². The molecule has 0 heterocycles. The highest BCUT2D eigenvalue weighted by molar-refractivity contribution is 7.92. The Morgan fingerprint density at radius 1 is 1.29 bits per heavy atom. The highest BCUT2D eigenvalue weighted by Crippen LogP contribution is 2.36. The van der Waals surface area contributed by atoms with Crippen LogP contribution in [0.3, 0.4) is 0 Å². The van der Waals surface area contributed by atoms with E-state index in [0.717, 1.165) is 12.1 Å². The summed E-state index contributed by atoms with van der Waals surface area (Å²) in [4.78, 5) is -0.607. The molecule has 1 aromatic carbocycles. The lowest BCUT2D eigenvalue weighted by Crippen LogP contribution is -2.29. The molecule has 2 nitrogen and oxygen atoms in total. The van der Waals surface area contributed by atoms with E-state index < -0.39 is 25.8 Å². The standard InChI is InChI=1S/C11H11F3O2S/c1-2-6-10(12)11(13,14)17(15,16)9-7-4-3-5-8-9/h3-8H,2H2,1H3/b10-6-. The summed E-state index contributed by atoms with van der Waals surface area (Å²) in [7, 11) is -5.04. The molecular weight excluding hydrogens is 253 g/mol. The van der Waals surface area contributed by atoms with Crippen molar-refractivity contribution < 1.29 is 21.6 Å². The zero-order valence-corrected chi connectivity index (χ0v) is 9.85. The average Bonchev–Trinajstić information content (AvgIpc) is 2.30. The maximum atomic E-state index is 13.4. The van der Waals surface area contributed by atoms with Crippen LogP contribution in [-0.4, -0.2) is 13.7 Å². The van der Waals surface area contributed by atoms with E-state index in [9.17, 15) is 21.6 Å². The van der Waals surface area contributed by atoms with Gasteiger partial charge < -0.3 is 0 Å². The third kappa shape index (κ3) is 2.52. The monoisotopic (exact) mass is 264 g/mol. The van der Waals surface area contributed by atoms with E-state index in [1.165, 1.54) is 25.1 Å². The smallest absolute Gasteiger partial charge is 0.217 e. The van der Waals surface area contributed by atoms with Gasteiger partial charge in [-0.1, -0.05) is 25.1 Å². The largest absolute Gasteiger partial charge is 0.400 e. The first-order valence-corrected chi connectivity index (χ1v) is 6.36. The molecule has 0 fully saturated rings. The molecule has 0 atom stereocenters. The van der Waals surface area contributed by atoms with E-state index in [4.69, 9.17) is 0 Å². The van der Waals surface area contributed by atoms with Gasteiger partial charge in [-0.3, -0.25) is 0 Å². The Balaban J connectivity index is 3.29. The van der Waals surface area contributed by atoms with Crippen LogP contribution in [0.4, 0.5) is 13.2 Å². The molecule has 17 heavy (non-hydrogen) atoms. The molecule has 0 bridgehead atoms. The normalized spacial score (nSPS) is 13.8. The van der Waals surface area contributed by atoms with Crippen LogP contribution in [-0.2, 0) is 9.84 Å². The molecule has 6 heteroatoms. The van der Waals surface area contributed by atoms with Gasteiger partial charge in [0.2, 0.25) is 0 Å². The van der Waals surface area contributed by atoms with Gasteiger partial charge in [-0.15, -0.1) is 0 Å². The number of halogens is 3. The zero-order chi connectivity index (χ0) is 13.1. The predicted octanol–water partition coefficient (Wildman–Crippen LogP) is 3.32. The van der Waals surface area contributed by atoms with Gasteiger partial charge >= 0.3 is 5.25 Å². The summed E-state index contributed by atoms with van der Waals surface area (Å²) < 4.78 is 63.0. The van der Waals surface area contributed by atoms with Gasteiger partial charge in [-0.05, 0) is 24.6 Å². The second-order valence-corrected chi connectivity index (χ2v) is 5.28. The molecule has 0 spiro atoms. The van der Waals surface area contributed by atoms with Crippen LogP contribution in [0.1, 0.15) is 13.3 Å². The van der Waals surface area contributed by atoms with Crippen LogP contribution in [0.15, 0.2) is 47.1 Å². The fourth-order valence-electron chi connectivity index (χ4n) is 1.17. The minimum Gasteiger partial charge on any atom is -0.217 e. The van der Waals surface area contributed by atoms with Crippen molar-refractivity contribution in [3.05, 3.63) is 42.2 Å². The summed E-state index contributed by atoms with van der Waals surface area (Å²) in [5.41, 5.74) is 0. The van der Waals surface area contributed by atoms with Gasteiger partial charge in [0.05, 0.1) is 4.90 Å². The van der Waals surface area contributed by atoms with Gasteiger partial charge in [-0.2, -0.15) is 8.78 Å². The Morgan fingerprint density at radius 3 is 2.29 bits per heavy atom. The van der Waals surface area contributed by atoms with Crippen LogP contribution in [0, 0.1) is 0 Å². The maximum absolute atomic E-state index is 13.4. The van der Waals surface area contributed by atoms with Crippen molar-refractivity contribution in [1.82, 2.24) is 0 Å². The van der Waals surface area contributed by atoms with Crippen molar-refractivity contribution >= 4 is 9.84 Å². The summed E-state index contributed by atoms with van der Waals surface area (Å²) in [6.07, 6.45) is 0.548.